The monoisotopic (exact) mass is 405 g/mol. The Morgan fingerprint density at radius 2 is 1.30 bits per heavy atom. The van der Waals surface area contributed by atoms with Crippen molar-refractivity contribution in [1.82, 2.24) is 0 Å². The third-order valence-electron chi connectivity index (χ3n) is 4.58. The standard InChI is InChI=1S/C26H31NO3/c1-21(2)15-16-28-25-13-11-23(12-14-25)27-20-22-7-6-10-26(19-22)30-18-17-29-24-8-4-3-5-9-24/h3-14,19,21,27H,15-18,20H2,1-2H3. The van der Waals surface area contributed by atoms with E-state index in [1.54, 1.807) is 0 Å². The molecule has 30 heavy (non-hydrogen) atoms. The maximum Gasteiger partial charge on any atom is 0.122 e. The molecular formula is C26H31NO3. The molecule has 0 aromatic heterocycles. The highest BCUT2D eigenvalue weighted by molar-refractivity contribution is 5.47. The number of para-hydroxylation sites is 1. The van der Waals surface area contributed by atoms with Crippen molar-refractivity contribution in [2.24, 2.45) is 5.92 Å². The SMILES string of the molecule is CC(C)CCOc1ccc(NCc2cccc(OCCOc3ccccc3)c2)cc1. The molecule has 0 spiro atoms. The molecule has 0 aliphatic rings. The zero-order valence-electron chi connectivity index (χ0n) is 17.8. The van der Waals surface area contributed by atoms with Crippen LogP contribution in [-0.4, -0.2) is 19.8 Å². The first-order valence-corrected chi connectivity index (χ1v) is 10.6. The van der Waals surface area contributed by atoms with Crippen LogP contribution < -0.4 is 19.5 Å². The summed E-state index contributed by atoms with van der Waals surface area (Å²) in [6, 6.07) is 26.0. The van der Waals surface area contributed by atoms with Crippen LogP contribution in [0.3, 0.4) is 0 Å². The van der Waals surface area contributed by atoms with E-state index >= 15 is 0 Å². The topological polar surface area (TPSA) is 39.7 Å². The first-order chi connectivity index (χ1) is 14.7. The van der Waals surface area contributed by atoms with Gasteiger partial charge in [0.05, 0.1) is 6.61 Å². The smallest absolute Gasteiger partial charge is 0.122 e. The maximum atomic E-state index is 5.82. The normalized spacial score (nSPS) is 10.6. The third-order valence-corrected chi connectivity index (χ3v) is 4.58. The van der Waals surface area contributed by atoms with E-state index in [0.29, 0.717) is 19.1 Å². The summed E-state index contributed by atoms with van der Waals surface area (Å²) >= 11 is 0. The largest absolute Gasteiger partial charge is 0.494 e. The number of ether oxygens (including phenoxy) is 3. The van der Waals surface area contributed by atoms with Crippen molar-refractivity contribution in [3.63, 3.8) is 0 Å². The molecule has 0 radical (unpaired) electrons. The molecule has 0 aliphatic heterocycles. The molecule has 0 unspecified atom stereocenters. The molecule has 3 aromatic rings. The third kappa shape index (κ3) is 7.70. The van der Waals surface area contributed by atoms with Crippen LogP contribution in [0.15, 0.2) is 78.9 Å². The fourth-order valence-electron chi connectivity index (χ4n) is 2.87. The number of anilines is 1. The molecule has 3 aromatic carbocycles. The van der Waals surface area contributed by atoms with Crippen molar-refractivity contribution < 1.29 is 14.2 Å². The van der Waals surface area contributed by atoms with E-state index in [0.717, 1.165) is 48.1 Å². The Morgan fingerprint density at radius 1 is 0.667 bits per heavy atom. The first kappa shape index (κ1) is 21.6. The van der Waals surface area contributed by atoms with Gasteiger partial charge in [-0.25, -0.2) is 0 Å². The van der Waals surface area contributed by atoms with Crippen molar-refractivity contribution in [2.75, 3.05) is 25.1 Å². The molecular weight excluding hydrogens is 374 g/mol. The lowest BCUT2D eigenvalue weighted by Gasteiger charge is -2.11. The summed E-state index contributed by atoms with van der Waals surface area (Å²) in [6.07, 6.45) is 1.07. The fourth-order valence-corrected chi connectivity index (χ4v) is 2.87. The van der Waals surface area contributed by atoms with Crippen LogP contribution in [-0.2, 0) is 6.54 Å². The summed E-state index contributed by atoms with van der Waals surface area (Å²) in [7, 11) is 0. The molecule has 1 N–H and O–H groups in total. The van der Waals surface area contributed by atoms with Crippen LogP contribution in [0.25, 0.3) is 0 Å². The molecule has 0 saturated heterocycles. The summed E-state index contributed by atoms with van der Waals surface area (Å²) < 4.78 is 17.3. The average Bonchev–Trinajstić information content (AvgIpc) is 2.77. The van der Waals surface area contributed by atoms with Crippen LogP contribution in [0.5, 0.6) is 17.2 Å². The van der Waals surface area contributed by atoms with Crippen LogP contribution in [0.1, 0.15) is 25.8 Å². The minimum Gasteiger partial charge on any atom is -0.494 e. The van der Waals surface area contributed by atoms with Crippen LogP contribution >= 0.6 is 0 Å². The Morgan fingerprint density at radius 3 is 2.03 bits per heavy atom. The molecule has 158 valence electrons. The Labute approximate surface area is 179 Å². The minimum absolute atomic E-state index is 0.504. The Balaban J connectivity index is 1.40. The Kier molecular flexibility index (Phi) is 8.46. The lowest BCUT2D eigenvalue weighted by Crippen LogP contribution is -2.09. The van der Waals surface area contributed by atoms with E-state index in [4.69, 9.17) is 14.2 Å². The van der Waals surface area contributed by atoms with Gasteiger partial charge in [0.1, 0.15) is 30.5 Å². The lowest BCUT2D eigenvalue weighted by atomic mass is 10.1. The number of rotatable bonds is 12. The zero-order chi connectivity index (χ0) is 21.0. The number of hydrogen-bond donors (Lipinski definition) is 1. The fraction of sp³-hybridized carbons (Fsp3) is 0.308. The van der Waals surface area contributed by atoms with Gasteiger partial charge in [-0.15, -0.1) is 0 Å². The van der Waals surface area contributed by atoms with Gasteiger partial charge in [0.2, 0.25) is 0 Å². The van der Waals surface area contributed by atoms with E-state index in [-0.39, 0.29) is 0 Å². The molecule has 4 nitrogen and oxygen atoms in total. The van der Waals surface area contributed by atoms with Gasteiger partial charge in [-0.2, -0.15) is 0 Å². The van der Waals surface area contributed by atoms with Gasteiger partial charge in [-0.3, -0.25) is 0 Å². The van der Waals surface area contributed by atoms with Crippen molar-refractivity contribution in [2.45, 2.75) is 26.8 Å². The lowest BCUT2D eigenvalue weighted by molar-refractivity contribution is 0.217. The minimum atomic E-state index is 0.504. The first-order valence-electron chi connectivity index (χ1n) is 10.6. The summed E-state index contributed by atoms with van der Waals surface area (Å²) in [5, 5.41) is 3.44. The highest BCUT2D eigenvalue weighted by atomic mass is 16.5. The second kappa shape index (κ2) is 11.8. The average molecular weight is 406 g/mol. The Bertz CT molecular complexity index is 863. The quantitative estimate of drug-likeness (QED) is 0.365. The van der Waals surface area contributed by atoms with Crippen molar-refractivity contribution in [3.05, 3.63) is 84.4 Å². The Hall–Kier alpha value is -3.14. The molecule has 3 rings (SSSR count). The molecule has 0 fully saturated rings. The second-order valence-electron chi connectivity index (χ2n) is 7.57. The van der Waals surface area contributed by atoms with Gasteiger partial charge >= 0.3 is 0 Å². The molecule has 4 heteroatoms. The van der Waals surface area contributed by atoms with Gasteiger partial charge in [-0.05, 0) is 66.4 Å². The number of benzene rings is 3. The zero-order valence-corrected chi connectivity index (χ0v) is 17.8. The van der Waals surface area contributed by atoms with E-state index in [9.17, 15) is 0 Å². The van der Waals surface area contributed by atoms with Crippen LogP contribution in [0.4, 0.5) is 5.69 Å². The van der Waals surface area contributed by atoms with Gasteiger partial charge in [0, 0.05) is 12.2 Å². The number of hydrogen-bond acceptors (Lipinski definition) is 4. The van der Waals surface area contributed by atoms with Crippen LogP contribution in [0.2, 0.25) is 0 Å². The predicted molar refractivity (Wildman–Crippen MR) is 123 cm³/mol. The second-order valence-corrected chi connectivity index (χ2v) is 7.57. The van der Waals surface area contributed by atoms with Gasteiger partial charge in [0.15, 0.2) is 0 Å². The highest BCUT2D eigenvalue weighted by Gasteiger charge is 2.01. The molecule has 0 bridgehead atoms. The molecule has 0 saturated carbocycles. The van der Waals surface area contributed by atoms with Crippen LogP contribution in [0, 0.1) is 5.92 Å². The van der Waals surface area contributed by atoms with E-state index in [1.165, 1.54) is 0 Å². The number of nitrogens with one attached hydrogen (secondary N) is 1. The molecule has 0 amide bonds. The molecule has 0 atom stereocenters. The predicted octanol–water partition coefficient (Wildman–Crippen LogP) is 6.18. The molecule has 0 heterocycles. The summed E-state index contributed by atoms with van der Waals surface area (Å²) in [5.41, 5.74) is 2.22. The summed E-state index contributed by atoms with van der Waals surface area (Å²) in [4.78, 5) is 0. The maximum absolute atomic E-state index is 5.82. The van der Waals surface area contributed by atoms with Crippen molar-refractivity contribution in [1.29, 1.82) is 0 Å². The van der Waals surface area contributed by atoms with E-state index < -0.39 is 0 Å². The summed E-state index contributed by atoms with van der Waals surface area (Å²) in [5.74, 6) is 3.27. The van der Waals surface area contributed by atoms with Gasteiger partial charge < -0.3 is 19.5 Å². The highest BCUT2D eigenvalue weighted by Crippen LogP contribution is 2.19. The van der Waals surface area contributed by atoms with Gasteiger partial charge in [-0.1, -0.05) is 44.2 Å². The molecule has 0 aliphatic carbocycles. The van der Waals surface area contributed by atoms with E-state index in [2.05, 4.69) is 31.3 Å². The van der Waals surface area contributed by atoms with Crippen molar-refractivity contribution >= 4 is 5.69 Å². The van der Waals surface area contributed by atoms with E-state index in [1.807, 2.05) is 66.7 Å². The summed E-state index contributed by atoms with van der Waals surface area (Å²) in [6.45, 7) is 6.91. The van der Waals surface area contributed by atoms with Crippen molar-refractivity contribution in [3.8, 4) is 17.2 Å². The van der Waals surface area contributed by atoms with Gasteiger partial charge in [0.25, 0.3) is 0 Å².